The first-order valence-electron chi connectivity index (χ1n) is 8.39. The number of pyridine rings is 1. The number of anilines is 1. The van der Waals surface area contributed by atoms with E-state index >= 15 is 0 Å². The number of nitrogens with zero attached hydrogens (tertiary/aromatic N) is 1. The number of hydrogen-bond acceptors (Lipinski definition) is 2. The zero-order valence-electron chi connectivity index (χ0n) is 14.6. The first-order valence-corrected chi connectivity index (χ1v) is 9.47. The van der Waals surface area contributed by atoms with Crippen LogP contribution in [-0.2, 0) is 6.42 Å². The third-order valence-electron chi connectivity index (χ3n) is 4.16. The van der Waals surface area contributed by atoms with Gasteiger partial charge < -0.3 is 9.88 Å². The third-order valence-corrected chi connectivity index (χ3v) is 4.83. The molecule has 132 valence electrons. The van der Waals surface area contributed by atoms with E-state index in [-0.39, 0.29) is 16.9 Å². The van der Waals surface area contributed by atoms with Crippen molar-refractivity contribution in [1.82, 2.24) is 4.57 Å². The Morgan fingerprint density at radius 3 is 2.46 bits per heavy atom. The first-order chi connectivity index (χ1) is 12.5. The molecule has 1 heterocycles. The number of carbonyl (C=O) groups is 1. The van der Waals surface area contributed by atoms with Crippen molar-refractivity contribution in [2.75, 3.05) is 5.32 Å². The van der Waals surface area contributed by atoms with Crippen molar-refractivity contribution in [3.05, 3.63) is 91.4 Å². The van der Waals surface area contributed by atoms with Crippen molar-refractivity contribution < 1.29 is 4.79 Å². The lowest BCUT2D eigenvalue weighted by molar-refractivity contribution is 0.102. The second-order valence-electron chi connectivity index (χ2n) is 5.96. The predicted molar refractivity (Wildman–Crippen MR) is 113 cm³/mol. The Bertz CT molecular complexity index is 1010. The summed E-state index contributed by atoms with van der Waals surface area (Å²) >= 11 is 2.26. The van der Waals surface area contributed by atoms with Crippen LogP contribution < -0.4 is 10.7 Å². The molecule has 2 aromatic carbocycles. The molecule has 1 N–H and O–H groups in total. The smallest absolute Gasteiger partial charge is 0.261 e. The highest BCUT2D eigenvalue weighted by Crippen LogP contribution is 2.20. The number of nitrogens with one attached hydrogen (secondary N) is 1. The van der Waals surface area contributed by atoms with E-state index in [2.05, 4.69) is 27.9 Å². The Balaban J connectivity index is 2.15. The van der Waals surface area contributed by atoms with Crippen molar-refractivity contribution in [1.29, 1.82) is 0 Å². The number of halogens is 1. The maximum absolute atomic E-state index is 12.9. The van der Waals surface area contributed by atoms with Crippen LogP contribution in [-0.4, -0.2) is 10.5 Å². The van der Waals surface area contributed by atoms with Gasteiger partial charge in [0.25, 0.3) is 5.91 Å². The zero-order chi connectivity index (χ0) is 18.7. The molecule has 26 heavy (non-hydrogen) atoms. The lowest BCUT2D eigenvalue weighted by Gasteiger charge is -2.19. The average Bonchev–Trinajstić information content (AvgIpc) is 2.61. The Hall–Kier alpha value is -2.41. The van der Waals surface area contributed by atoms with Crippen LogP contribution in [0.3, 0.4) is 0 Å². The molecule has 0 spiro atoms. The van der Waals surface area contributed by atoms with Gasteiger partial charge in [-0.1, -0.05) is 31.2 Å². The number of aryl methyl sites for hydroxylation is 1. The molecule has 0 atom stereocenters. The maximum atomic E-state index is 12.9. The highest BCUT2D eigenvalue weighted by Gasteiger charge is 2.20. The van der Waals surface area contributed by atoms with E-state index < -0.39 is 0 Å². The second-order valence-corrected chi connectivity index (χ2v) is 7.21. The van der Waals surface area contributed by atoms with E-state index in [1.807, 2.05) is 60.9 Å². The molecular formula is C21H19IN2O2. The van der Waals surface area contributed by atoms with Gasteiger partial charge in [-0.3, -0.25) is 9.59 Å². The van der Waals surface area contributed by atoms with Gasteiger partial charge in [-0.05, 0) is 66.3 Å². The van der Waals surface area contributed by atoms with Crippen molar-refractivity contribution in [2.24, 2.45) is 0 Å². The number of aromatic nitrogens is 1. The third kappa shape index (κ3) is 3.72. The van der Waals surface area contributed by atoms with E-state index in [4.69, 9.17) is 0 Å². The van der Waals surface area contributed by atoms with Crippen LogP contribution in [0.1, 0.15) is 28.7 Å². The Morgan fingerprint density at radius 1 is 1.08 bits per heavy atom. The van der Waals surface area contributed by atoms with Crippen LogP contribution in [0.15, 0.2) is 65.5 Å². The summed E-state index contributed by atoms with van der Waals surface area (Å²) in [5.74, 6) is -0.377. The Morgan fingerprint density at radius 2 is 1.81 bits per heavy atom. The van der Waals surface area contributed by atoms with E-state index in [1.54, 1.807) is 12.1 Å². The molecule has 1 aromatic heterocycles. The van der Waals surface area contributed by atoms with Crippen molar-refractivity contribution in [3.63, 3.8) is 0 Å². The van der Waals surface area contributed by atoms with Gasteiger partial charge >= 0.3 is 0 Å². The van der Waals surface area contributed by atoms with Gasteiger partial charge in [-0.15, -0.1) is 0 Å². The van der Waals surface area contributed by atoms with Crippen molar-refractivity contribution in [2.45, 2.75) is 20.3 Å². The summed E-state index contributed by atoms with van der Waals surface area (Å²) in [5.41, 5.74) is 3.08. The second kappa shape index (κ2) is 7.86. The molecule has 0 bridgehead atoms. The lowest BCUT2D eigenvalue weighted by Crippen LogP contribution is -2.27. The van der Waals surface area contributed by atoms with Crippen LogP contribution in [0.4, 0.5) is 5.69 Å². The molecule has 1 amide bonds. The van der Waals surface area contributed by atoms with Gasteiger partial charge in [-0.25, -0.2) is 0 Å². The summed E-state index contributed by atoms with van der Waals surface area (Å²) in [5, 5.41) is 2.83. The monoisotopic (exact) mass is 458 g/mol. The average molecular weight is 458 g/mol. The van der Waals surface area contributed by atoms with Gasteiger partial charge in [0.05, 0.1) is 0 Å². The summed E-state index contributed by atoms with van der Waals surface area (Å²) in [6.07, 6.45) is 0.569. The summed E-state index contributed by atoms with van der Waals surface area (Å²) in [6, 6.07) is 18.7. The standard InChI is InChI=1S/C21H19IN2O2/c1-3-18-20(21(26)23-16-9-5-4-6-10-16)19(25)12-14(2)24(18)17-11-7-8-15(22)13-17/h4-13H,3H2,1-2H3,(H,23,26). The Kier molecular flexibility index (Phi) is 5.56. The van der Waals surface area contributed by atoms with Gasteiger partial charge in [-0.2, -0.15) is 0 Å². The zero-order valence-corrected chi connectivity index (χ0v) is 16.8. The molecule has 3 aromatic rings. The minimum absolute atomic E-state index is 0.195. The molecule has 4 nitrogen and oxygen atoms in total. The fourth-order valence-electron chi connectivity index (χ4n) is 3.06. The SMILES string of the molecule is CCc1c(C(=O)Nc2ccccc2)c(=O)cc(C)n1-c1cccc(I)c1. The van der Waals surface area contributed by atoms with E-state index in [1.165, 1.54) is 6.07 Å². The van der Waals surface area contributed by atoms with Crippen LogP contribution in [0.2, 0.25) is 0 Å². The number of hydrogen-bond donors (Lipinski definition) is 1. The molecule has 0 fully saturated rings. The molecular weight excluding hydrogens is 439 g/mol. The van der Waals surface area contributed by atoms with Crippen molar-refractivity contribution in [3.8, 4) is 5.69 Å². The summed E-state index contributed by atoms with van der Waals surface area (Å²) < 4.78 is 3.08. The molecule has 5 heteroatoms. The summed E-state index contributed by atoms with van der Waals surface area (Å²) in [6.45, 7) is 3.84. The fourth-order valence-corrected chi connectivity index (χ4v) is 3.59. The maximum Gasteiger partial charge on any atom is 0.261 e. The minimum atomic E-state index is -0.377. The van der Waals surface area contributed by atoms with Crippen LogP contribution in [0.5, 0.6) is 0 Å². The van der Waals surface area contributed by atoms with E-state index in [0.717, 1.165) is 15.0 Å². The largest absolute Gasteiger partial charge is 0.322 e. The minimum Gasteiger partial charge on any atom is -0.322 e. The molecule has 0 saturated carbocycles. The molecule has 0 aliphatic heterocycles. The Labute approximate surface area is 166 Å². The highest BCUT2D eigenvalue weighted by molar-refractivity contribution is 14.1. The molecule has 0 unspecified atom stereocenters. The topological polar surface area (TPSA) is 51.1 Å². The number of benzene rings is 2. The van der Waals surface area contributed by atoms with Gasteiger partial charge in [0.1, 0.15) is 5.56 Å². The van der Waals surface area contributed by atoms with E-state index in [9.17, 15) is 9.59 Å². The molecule has 0 aliphatic rings. The van der Waals surface area contributed by atoms with Gasteiger partial charge in [0.2, 0.25) is 0 Å². The first kappa shape index (κ1) is 18.4. The van der Waals surface area contributed by atoms with E-state index in [0.29, 0.717) is 17.8 Å². The summed E-state index contributed by atoms with van der Waals surface area (Å²) in [4.78, 5) is 25.5. The van der Waals surface area contributed by atoms with Crippen molar-refractivity contribution >= 4 is 34.2 Å². The summed E-state index contributed by atoms with van der Waals surface area (Å²) in [7, 11) is 0. The lowest BCUT2D eigenvalue weighted by atomic mass is 10.1. The van der Waals surface area contributed by atoms with Crippen LogP contribution >= 0.6 is 22.6 Å². The van der Waals surface area contributed by atoms with Gasteiger partial charge in [0, 0.05) is 32.4 Å². The van der Waals surface area contributed by atoms with Gasteiger partial charge in [0.15, 0.2) is 5.43 Å². The normalized spacial score (nSPS) is 10.6. The molecule has 3 rings (SSSR count). The molecule has 0 aliphatic carbocycles. The number of amides is 1. The van der Waals surface area contributed by atoms with Crippen LogP contribution in [0.25, 0.3) is 5.69 Å². The quantitative estimate of drug-likeness (QED) is 0.583. The number of carbonyl (C=O) groups excluding carboxylic acids is 1. The molecule has 0 saturated heterocycles. The number of rotatable bonds is 4. The number of para-hydroxylation sites is 1. The van der Waals surface area contributed by atoms with Crippen LogP contribution in [0, 0.1) is 10.5 Å². The fraction of sp³-hybridized carbons (Fsp3) is 0.143. The molecule has 0 radical (unpaired) electrons. The highest BCUT2D eigenvalue weighted by atomic mass is 127. The predicted octanol–water partition coefficient (Wildman–Crippen LogP) is 4.57.